The average Bonchev–Trinajstić information content (AvgIpc) is 2.79. The number of halogens is 1. The number of amides is 2. The van der Waals surface area contributed by atoms with Gasteiger partial charge in [0.1, 0.15) is 5.82 Å². The van der Waals surface area contributed by atoms with Crippen molar-refractivity contribution >= 4 is 29.3 Å². The third-order valence-corrected chi connectivity index (χ3v) is 4.92. The van der Waals surface area contributed by atoms with Gasteiger partial charge in [-0.2, -0.15) is 0 Å². The van der Waals surface area contributed by atoms with Crippen LogP contribution in [0, 0.1) is 5.82 Å². The van der Waals surface area contributed by atoms with Crippen LogP contribution in [-0.2, 0) is 16.1 Å². The first-order chi connectivity index (χ1) is 11.0. The summed E-state index contributed by atoms with van der Waals surface area (Å²) in [6, 6.07) is 13.0. The first-order valence-corrected chi connectivity index (χ1v) is 8.02. The van der Waals surface area contributed by atoms with Gasteiger partial charge in [0.05, 0.1) is 11.8 Å². The van der Waals surface area contributed by atoms with Gasteiger partial charge < -0.3 is 5.73 Å². The van der Waals surface area contributed by atoms with Crippen LogP contribution in [0.5, 0.6) is 0 Å². The number of thioether (sulfide) groups is 1. The molecule has 118 valence electrons. The highest BCUT2D eigenvalue weighted by Crippen LogP contribution is 2.34. The zero-order valence-electron chi connectivity index (χ0n) is 12.2. The Hall–Kier alpha value is -2.34. The quantitative estimate of drug-likeness (QED) is 0.692. The molecule has 1 atom stereocenters. The average molecular weight is 330 g/mol. The van der Waals surface area contributed by atoms with Crippen molar-refractivity contribution < 1.29 is 14.0 Å². The Balaban J connectivity index is 1.72. The number of carbonyl (C=O) groups is 2. The van der Waals surface area contributed by atoms with Crippen molar-refractivity contribution in [2.24, 2.45) is 0 Å². The molecule has 0 radical (unpaired) electrons. The molecule has 1 fully saturated rings. The Bertz CT molecular complexity index is 749. The highest BCUT2D eigenvalue weighted by Gasteiger charge is 2.39. The summed E-state index contributed by atoms with van der Waals surface area (Å²) in [6.07, 6.45) is 0.152. The molecule has 0 saturated carbocycles. The largest absolute Gasteiger partial charge is 0.398 e. The van der Waals surface area contributed by atoms with Crippen LogP contribution >= 0.6 is 11.8 Å². The highest BCUT2D eigenvalue weighted by molar-refractivity contribution is 8.00. The summed E-state index contributed by atoms with van der Waals surface area (Å²) in [5.74, 6) is -0.792. The van der Waals surface area contributed by atoms with Gasteiger partial charge >= 0.3 is 0 Å². The van der Waals surface area contributed by atoms with Gasteiger partial charge in [0.15, 0.2) is 0 Å². The second-order valence-electron chi connectivity index (χ2n) is 5.29. The molecule has 23 heavy (non-hydrogen) atoms. The van der Waals surface area contributed by atoms with Crippen LogP contribution < -0.4 is 5.73 Å². The van der Waals surface area contributed by atoms with Gasteiger partial charge in [-0.3, -0.25) is 14.5 Å². The summed E-state index contributed by atoms with van der Waals surface area (Å²) < 4.78 is 12.9. The molecule has 2 aromatic rings. The van der Waals surface area contributed by atoms with E-state index in [2.05, 4.69) is 0 Å². The molecule has 1 saturated heterocycles. The summed E-state index contributed by atoms with van der Waals surface area (Å²) in [4.78, 5) is 26.6. The van der Waals surface area contributed by atoms with Crippen molar-refractivity contribution in [2.75, 3.05) is 5.73 Å². The fourth-order valence-corrected chi connectivity index (χ4v) is 3.55. The lowest BCUT2D eigenvalue weighted by molar-refractivity contribution is -0.138. The molecule has 0 aliphatic carbocycles. The molecule has 0 unspecified atom stereocenters. The molecule has 2 N–H and O–H groups in total. The van der Waals surface area contributed by atoms with E-state index in [-0.39, 0.29) is 30.6 Å². The SMILES string of the molecule is Nc1ccccc1S[C@H]1CC(=O)N(Cc2ccc(F)cc2)C1=O. The minimum atomic E-state index is -0.465. The van der Waals surface area contributed by atoms with Crippen molar-refractivity contribution in [3.05, 3.63) is 59.9 Å². The standard InChI is InChI=1S/C17H15FN2O2S/c18-12-7-5-11(6-8-12)10-20-16(21)9-15(17(20)22)23-14-4-2-1-3-13(14)19/h1-8,15H,9-10,19H2/t15-/m0/s1. The fraction of sp³-hybridized carbons (Fsp3) is 0.176. The van der Waals surface area contributed by atoms with E-state index in [9.17, 15) is 14.0 Å². The zero-order chi connectivity index (χ0) is 16.4. The minimum absolute atomic E-state index is 0.152. The second-order valence-corrected chi connectivity index (χ2v) is 6.54. The summed E-state index contributed by atoms with van der Waals surface area (Å²) in [5, 5.41) is -0.465. The lowest BCUT2D eigenvalue weighted by Gasteiger charge is -2.15. The van der Waals surface area contributed by atoms with Crippen LogP contribution in [0.4, 0.5) is 10.1 Å². The number of anilines is 1. The van der Waals surface area contributed by atoms with Crippen molar-refractivity contribution in [1.29, 1.82) is 0 Å². The van der Waals surface area contributed by atoms with Crippen LogP contribution in [0.2, 0.25) is 0 Å². The van der Waals surface area contributed by atoms with Crippen molar-refractivity contribution in [3.63, 3.8) is 0 Å². The molecule has 1 aliphatic heterocycles. The molecule has 4 nitrogen and oxygen atoms in total. The van der Waals surface area contributed by atoms with Crippen LogP contribution in [0.1, 0.15) is 12.0 Å². The molecule has 6 heteroatoms. The Kier molecular flexibility index (Phi) is 4.34. The van der Waals surface area contributed by atoms with Gasteiger partial charge in [-0.1, -0.05) is 24.3 Å². The number of nitrogens with zero attached hydrogens (tertiary/aromatic N) is 1. The highest BCUT2D eigenvalue weighted by atomic mass is 32.2. The normalized spacial score (nSPS) is 17.8. The maximum Gasteiger partial charge on any atom is 0.243 e. The summed E-state index contributed by atoms with van der Waals surface area (Å²) in [6.45, 7) is 0.166. The monoisotopic (exact) mass is 330 g/mol. The number of nitrogen functional groups attached to an aromatic ring is 1. The number of para-hydroxylation sites is 1. The smallest absolute Gasteiger partial charge is 0.243 e. The maximum atomic E-state index is 12.9. The van der Waals surface area contributed by atoms with Gasteiger partial charge in [-0.15, -0.1) is 11.8 Å². The molecular formula is C17H15FN2O2S. The van der Waals surface area contributed by atoms with Crippen molar-refractivity contribution in [2.45, 2.75) is 23.1 Å². The topological polar surface area (TPSA) is 63.4 Å². The van der Waals surface area contributed by atoms with E-state index in [0.717, 1.165) is 10.5 Å². The van der Waals surface area contributed by atoms with E-state index >= 15 is 0 Å². The molecule has 1 aliphatic rings. The molecule has 3 rings (SSSR count). The number of nitrogens with two attached hydrogens (primary N) is 1. The van der Waals surface area contributed by atoms with Gasteiger partial charge in [0.25, 0.3) is 0 Å². The van der Waals surface area contributed by atoms with Crippen LogP contribution in [0.25, 0.3) is 0 Å². The Labute approximate surface area is 137 Å². The lowest BCUT2D eigenvalue weighted by Crippen LogP contribution is -2.30. The second kappa shape index (κ2) is 6.42. The van der Waals surface area contributed by atoms with Gasteiger partial charge in [0.2, 0.25) is 11.8 Å². The van der Waals surface area contributed by atoms with Crippen molar-refractivity contribution in [3.8, 4) is 0 Å². The Morgan fingerprint density at radius 2 is 1.83 bits per heavy atom. The third-order valence-electron chi connectivity index (χ3n) is 3.64. The molecule has 2 aromatic carbocycles. The van der Waals surface area contributed by atoms with E-state index < -0.39 is 5.25 Å². The Morgan fingerprint density at radius 3 is 2.52 bits per heavy atom. The molecule has 2 amide bonds. The van der Waals surface area contributed by atoms with Gasteiger partial charge in [-0.25, -0.2) is 4.39 Å². The van der Waals surface area contributed by atoms with Crippen molar-refractivity contribution in [1.82, 2.24) is 4.90 Å². The van der Waals surface area contributed by atoms with Gasteiger partial charge in [0, 0.05) is 17.0 Å². The van der Waals surface area contributed by atoms with E-state index in [4.69, 9.17) is 5.73 Å². The predicted molar refractivity (Wildman–Crippen MR) is 87.1 cm³/mol. The summed E-state index contributed by atoms with van der Waals surface area (Å²) in [7, 11) is 0. The van der Waals surface area contributed by atoms with Crippen LogP contribution in [0.15, 0.2) is 53.4 Å². The number of imide groups is 1. The van der Waals surface area contributed by atoms with Crippen LogP contribution in [0.3, 0.4) is 0 Å². The van der Waals surface area contributed by atoms with E-state index in [1.54, 1.807) is 18.2 Å². The lowest BCUT2D eigenvalue weighted by atomic mass is 10.2. The van der Waals surface area contributed by atoms with Crippen LogP contribution in [-0.4, -0.2) is 22.0 Å². The number of benzene rings is 2. The van der Waals surface area contributed by atoms with E-state index in [1.807, 2.05) is 18.2 Å². The molecule has 1 heterocycles. The number of hydrogen-bond acceptors (Lipinski definition) is 4. The maximum absolute atomic E-state index is 12.9. The number of carbonyl (C=O) groups excluding carboxylic acids is 2. The van der Waals surface area contributed by atoms with E-state index in [0.29, 0.717) is 5.69 Å². The third kappa shape index (κ3) is 3.37. The number of likely N-dealkylation sites (tertiary alicyclic amines) is 1. The first kappa shape index (κ1) is 15.6. The summed E-state index contributed by atoms with van der Waals surface area (Å²) in [5.41, 5.74) is 7.20. The molecule has 0 aromatic heterocycles. The Morgan fingerprint density at radius 1 is 1.13 bits per heavy atom. The number of rotatable bonds is 4. The molecule has 0 bridgehead atoms. The zero-order valence-corrected chi connectivity index (χ0v) is 13.1. The molecular weight excluding hydrogens is 315 g/mol. The van der Waals surface area contributed by atoms with Gasteiger partial charge in [-0.05, 0) is 29.8 Å². The molecule has 0 spiro atoms. The fourth-order valence-electron chi connectivity index (χ4n) is 2.42. The first-order valence-electron chi connectivity index (χ1n) is 7.14. The minimum Gasteiger partial charge on any atom is -0.398 e. The number of hydrogen-bond donors (Lipinski definition) is 1. The van der Waals surface area contributed by atoms with E-state index in [1.165, 1.54) is 28.8 Å². The predicted octanol–water partition coefficient (Wildman–Crippen LogP) is 2.83. The summed E-state index contributed by atoms with van der Waals surface area (Å²) >= 11 is 1.31.